The number of allylic oxidation sites excluding steroid dienone is 1. The molecule has 1 heterocycles. The Kier molecular flexibility index (Phi) is 10.8. The molecule has 33 heavy (non-hydrogen) atoms. The lowest BCUT2D eigenvalue weighted by Crippen LogP contribution is -2.59. The molecule has 6 atom stereocenters. The number of hydrogen-bond acceptors (Lipinski definition) is 8. The van der Waals surface area contributed by atoms with Gasteiger partial charge in [-0.1, -0.05) is 12.2 Å². The van der Waals surface area contributed by atoms with E-state index in [9.17, 15) is 14.7 Å². The standard InChI is InChI=1S/C24H44N2O7/c1-10-12-16-13-17(21(28)32-23(4,5)6)26(22(29)33-24(7,8)9)20(16)19(25)18(27)14-31-15(3)30-11-2/h10,12,15-20,27H,11,13-14,25H2,1-9H3/b12-10-/t15?,16-,17-,18-,19+,20-/m1/s1. The molecule has 9 heteroatoms. The van der Waals surface area contributed by atoms with Crippen molar-refractivity contribution < 1.29 is 33.6 Å². The molecule has 0 spiro atoms. The predicted molar refractivity (Wildman–Crippen MR) is 125 cm³/mol. The van der Waals surface area contributed by atoms with E-state index in [-0.39, 0.29) is 12.5 Å². The Bertz CT molecular complexity index is 669. The van der Waals surface area contributed by atoms with Gasteiger partial charge < -0.3 is 29.8 Å². The summed E-state index contributed by atoms with van der Waals surface area (Å²) >= 11 is 0. The fourth-order valence-corrected chi connectivity index (χ4v) is 3.83. The number of rotatable bonds is 9. The van der Waals surface area contributed by atoms with Gasteiger partial charge in [-0.2, -0.15) is 0 Å². The lowest BCUT2D eigenvalue weighted by Gasteiger charge is -2.37. The van der Waals surface area contributed by atoms with Crippen molar-refractivity contribution in [3.8, 4) is 0 Å². The first-order valence-corrected chi connectivity index (χ1v) is 11.6. The van der Waals surface area contributed by atoms with E-state index in [4.69, 9.17) is 24.7 Å². The average molecular weight is 473 g/mol. The van der Waals surface area contributed by atoms with Crippen molar-refractivity contribution in [3.63, 3.8) is 0 Å². The van der Waals surface area contributed by atoms with Crippen LogP contribution >= 0.6 is 0 Å². The first kappa shape index (κ1) is 29.4. The molecule has 0 aromatic rings. The van der Waals surface area contributed by atoms with Crippen molar-refractivity contribution in [1.29, 1.82) is 0 Å². The summed E-state index contributed by atoms with van der Waals surface area (Å²) in [7, 11) is 0. The van der Waals surface area contributed by atoms with E-state index in [1.165, 1.54) is 4.90 Å². The maximum atomic E-state index is 13.3. The minimum atomic E-state index is -1.10. The van der Waals surface area contributed by atoms with Crippen molar-refractivity contribution >= 4 is 12.1 Å². The topological polar surface area (TPSA) is 121 Å². The van der Waals surface area contributed by atoms with Crippen molar-refractivity contribution in [2.24, 2.45) is 11.7 Å². The molecule has 1 saturated heterocycles. The summed E-state index contributed by atoms with van der Waals surface area (Å²) < 4.78 is 22.1. The lowest BCUT2D eigenvalue weighted by molar-refractivity contribution is -0.161. The second-order valence-corrected chi connectivity index (χ2v) is 10.4. The zero-order valence-electron chi connectivity index (χ0n) is 21.7. The van der Waals surface area contributed by atoms with Gasteiger partial charge in [-0.3, -0.25) is 4.90 Å². The Labute approximate surface area is 198 Å². The molecule has 1 aliphatic rings. The van der Waals surface area contributed by atoms with Crippen LogP contribution in [0.3, 0.4) is 0 Å². The van der Waals surface area contributed by atoms with Gasteiger partial charge in [0.05, 0.1) is 24.8 Å². The summed E-state index contributed by atoms with van der Waals surface area (Å²) in [5, 5.41) is 10.8. The maximum absolute atomic E-state index is 13.3. The Hall–Kier alpha value is -1.68. The van der Waals surface area contributed by atoms with Gasteiger partial charge in [0.15, 0.2) is 6.29 Å². The quantitative estimate of drug-likeness (QED) is 0.298. The van der Waals surface area contributed by atoms with Crippen molar-refractivity contribution in [1.82, 2.24) is 4.90 Å². The van der Waals surface area contributed by atoms with Gasteiger partial charge >= 0.3 is 12.1 Å². The SMILES string of the molecule is C/C=C\[C@@H]1C[C@H](C(=O)OC(C)(C)C)N(C(=O)OC(C)(C)C)[C@H]1[C@@H](N)[C@H](O)COC(C)OCC. The van der Waals surface area contributed by atoms with Crippen LogP contribution in [0, 0.1) is 5.92 Å². The molecule has 0 aliphatic carbocycles. The van der Waals surface area contributed by atoms with E-state index in [0.29, 0.717) is 13.0 Å². The zero-order chi connectivity index (χ0) is 25.6. The number of aliphatic hydroxyl groups excluding tert-OH is 1. The molecule has 0 aromatic heterocycles. The van der Waals surface area contributed by atoms with Gasteiger partial charge in [0, 0.05) is 12.5 Å². The Morgan fingerprint density at radius 1 is 1.12 bits per heavy atom. The van der Waals surface area contributed by atoms with E-state index >= 15 is 0 Å². The van der Waals surface area contributed by atoms with Gasteiger partial charge in [0.1, 0.15) is 17.2 Å². The number of amides is 1. The molecule has 9 nitrogen and oxygen atoms in total. The molecule has 1 rings (SSSR count). The summed E-state index contributed by atoms with van der Waals surface area (Å²) in [5.41, 5.74) is 4.97. The molecular weight excluding hydrogens is 428 g/mol. The van der Waals surface area contributed by atoms with Crippen LogP contribution in [0.15, 0.2) is 12.2 Å². The van der Waals surface area contributed by atoms with Crippen LogP contribution in [0.4, 0.5) is 4.79 Å². The minimum absolute atomic E-state index is 0.0827. The van der Waals surface area contributed by atoms with E-state index in [1.807, 2.05) is 26.0 Å². The van der Waals surface area contributed by atoms with Crippen molar-refractivity contribution in [2.75, 3.05) is 13.2 Å². The number of aliphatic hydroxyl groups is 1. The Morgan fingerprint density at radius 3 is 2.18 bits per heavy atom. The monoisotopic (exact) mass is 472 g/mol. The summed E-state index contributed by atoms with van der Waals surface area (Å²) in [4.78, 5) is 27.7. The van der Waals surface area contributed by atoms with Gasteiger partial charge in [-0.15, -0.1) is 0 Å². The van der Waals surface area contributed by atoms with E-state index in [2.05, 4.69) is 0 Å². The smallest absolute Gasteiger partial charge is 0.411 e. The highest BCUT2D eigenvalue weighted by Gasteiger charge is 2.52. The molecule has 0 aromatic carbocycles. The Balaban J connectivity index is 3.27. The molecule has 0 bridgehead atoms. The second-order valence-electron chi connectivity index (χ2n) is 10.4. The molecule has 1 amide bonds. The number of nitrogens with two attached hydrogens (primary N) is 1. The first-order chi connectivity index (χ1) is 15.1. The number of likely N-dealkylation sites (tertiary alicyclic amines) is 1. The molecule has 1 unspecified atom stereocenters. The summed E-state index contributed by atoms with van der Waals surface area (Å²) in [6.45, 7) is 16.4. The Morgan fingerprint density at radius 2 is 1.70 bits per heavy atom. The van der Waals surface area contributed by atoms with Gasteiger partial charge in [0.25, 0.3) is 0 Å². The highest BCUT2D eigenvalue weighted by atomic mass is 16.7. The van der Waals surface area contributed by atoms with Crippen molar-refractivity contribution in [2.45, 2.75) is 110 Å². The highest BCUT2D eigenvalue weighted by Crippen LogP contribution is 2.36. The third kappa shape index (κ3) is 9.23. The van der Waals surface area contributed by atoms with Crippen LogP contribution in [-0.2, 0) is 23.7 Å². The minimum Gasteiger partial charge on any atom is -0.458 e. The third-order valence-corrected chi connectivity index (χ3v) is 5.06. The highest BCUT2D eigenvalue weighted by molar-refractivity contribution is 5.83. The molecule has 0 radical (unpaired) electrons. The predicted octanol–water partition coefficient (Wildman–Crippen LogP) is 2.99. The van der Waals surface area contributed by atoms with Crippen LogP contribution in [0.1, 0.15) is 68.7 Å². The molecule has 3 N–H and O–H groups in total. The number of carbonyl (C=O) groups excluding carboxylic acids is 2. The zero-order valence-corrected chi connectivity index (χ0v) is 21.7. The first-order valence-electron chi connectivity index (χ1n) is 11.6. The normalized spacial score (nSPS) is 24.6. The van der Waals surface area contributed by atoms with Crippen LogP contribution in [0.2, 0.25) is 0 Å². The van der Waals surface area contributed by atoms with Crippen LogP contribution < -0.4 is 5.73 Å². The number of hydrogen-bond donors (Lipinski definition) is 2. The van der Waals surface area contributed by atoms with Crippen LogP contribution in [0.5, 0.6) is 0 Å². The molecular formula is C24H44N2O7. The van der Waals surface area contributed by atoms with E-state index < -0.39 is 53.8 Å². The number of esters is 1. The maximum Gasteiger partial charge on any atom is 0.411 e. The summed E-state index contributed by atoms with van der Waals surface area (Å²) in [6.07, 6.45) is 1.75. The molecule has 1 aliphatic heterocycles. The third-order valence-electron chi connectivity index (χ3n) is 5.06. The largest absolute Gasteiger partial charge is 0.458 e. The summed E-state index contributed by atoms with van der Waals surface area (Å²) in [5.74, 6) is -0.817. The number of nitrogens with zero attached hydrogens (tertiary/aromatic N) is 1. The van der Waals surface area contributed by atoms with Gasteiger partial charge in [-0.25, -0.2) is 9.59 Å². The number of carbonyl (C=O) groups is 2. The van der Waals surface area contributed by atoms with Crippen LogP contribution in [0.25, 0.3) is 0 Å². The van der Waals surface area contributed by atoms with Gasteiger partial charge in [0.2, 0.25) is 0 Å². The fraction of sp³-hybridized carbons (Fsp3) is 0.833. The second kappa shape index (κ2) is 12.1. The van der Waals surface area contributed by atoms with E-state index in [1.54, 1.807) is 48.5 Å². The fourth-order valence-electron chi connectivity index (χ4n) is 3.83. The van der Waals surface area contributed by atoms with Crippen LogP contribution in [-0.4, -0.2) is 77.0 Å². The molecule has 0 saturated carbocycles. The lowest BCUT2D eigenvalue weighted by atomic mass is 9.90. The van der Waals surface area contributed by atoms with E-state index in [0.717, 1.165) is 0 Å². The average Bonchev–Trinajstić information content (AvgIpc) is 3.03. The summed E-state index contributed by atoms with van der Waals surface area (Å²) in [6, 6.07) is -2.50. The number of ether oxygens (including phenoxy) is 4. The van der Waals surface area contributed by atoms with Crippen molar-refractivity contribution in [3.05, 3.63) is 12.2 Å². The van der Waals surface area contributed by atoms with Gasteiger partial charge in [-0.05, 0) is 68.7 Å². The molecule has 1 fully saturated rings. The molecule has 192 valence electrons.